The summed E-state index contributed by atoms with van der Waals surface area (Å²) in [6.45, 7) is 0. The maximum atomic E-state index is 12.5. The number of hydrogen-bond donors (Lipinski definition) is 2. The molecule has 0 aliphatic carbocycles. The zero-order valence-corrected chi connectivity index (χ0v) is 31.0. The zero-order valence-electron chi connectivity index (χ0n) is 26.3. The van der Waals surface area contributed by atoms with Crippen molar-refractivity contribution in [3.05, 3.63) is 126 Å². The molecule has 0 aliphatic rings. The molecule has 0 saturated carbocycles. The number of rotatable bonds is 15. The monoisotopic (exact) mass is 842 g/mol. The normalized spacial score (nSPS) is 11.0. The first-order valence-electron chi connectivity index (χ1n) is 15.3. The molecule has 0 saturated heterocycles. The summed E-state index contributed by atoms with van der Waals surface area (Å²) < 4.78 is 12.5. The van der Waals surface area contributed by atoms with E-state index >= 15 is 0 Å². The molecule has 2 amide bonds. The van der Waals surface area contributed by atoms with Crippen LogP contribution in [-0.4, -0.2) is 36.2 Å². The number of hydrazone groups is 2. The smallest absolute Gasteiger partial charge is 0.343 e. The van der Waals surface area contributed by atoms with Crippen LogP contribution >= 0.6 is 55.1 Å². The standard InChI is InChI=1S/C36H30Br2Cl2N4O6/c37-27-11-17-31(49-35(47)23-7-13-29(39)14-8-23)25(19-27)21-41-43-33(45)5-3-1-2-4-6-34(46)44-42-22-26-20-28(38)12-18-32(26)50-36(48)24-9-15-30(40)16-10-24/h7-22H,1-6H2,(H,43,45)(H,44,46)/b41-21-,42-22-. The summed E-state index contributed by atoms with van der Waals surface area (Å²) >= 11 is 18.6. The number of hydrogen-bond acceptors (Lipinski definition) is 8. The van der Waals surface area contributed by atoms with Gasteiger partial charge in [-0.25, -0.2) is 20.4 Å². The van der Waals surface area contributed by atoms with Gasteiger partial charge in [0.1, 0.15) is 11.5 Å². The molecule has 0 bridgehead atoms. The Labute approximate surface area is 315 Å². The van der Waals surface area contributed by atoms with E-state index < -0.39 is 11.9 Å². The van der Waals surface area contributed by atoms with Gasteiger partial charge in [0.25, 0.3) is 0 Å². The Hall–Kier alpha value is -4.36. The minimum Gasteiger partial charge on any atom is -0.422 e. The minimum atomic E-state index is -0.557. The van der Waals surface area contributed by atoms with Crippen LogP contribution in [-0.2, 0) is 9.59 Å². The zero-order chi connectivity index (χ0) is 35.9. The third-order valence-electron chi connectivity index (χ3n) is 6.85. The van der Waals surface area contributed by atoms with E-state index in [0.29, 0.717) is 45.1 Å². The van der Waals surface area contributed by atoms with E-state index in [4.69, 9.17) is 32.7 Å². The van der Waals surface area contributed by atoms with E-state index in [1.54, 1.807) is 84.9 Å². The van der Waals surface area contributed by atoms with Gasteiger partial charge in [-0.3, -0.25) is 9.59 Å². The van der Waals surface area contributed by atoms with Gasteiger partial charge in [0.15, 0.2) is 0 Å². The molecule has 2 N–H and O–H groups in total. The van der Waals surface area contributed by atoms with Crippen molar-refractivity contribution < 1.29 is 28.7 Å². The molecule has 4 aromatic carbocycles. The van der Waals surface area contributed by atoms with Crippen LogP contribution < -0.4 is 20.3 Å². The number of nitrogens with one attached hydrogen (secondary N) is 2. The van der Waals surface area contributed by atoms with Crippen molar-refractivity contribution in [3.63, 3.8) is 0 Å². The highest BCUT2D eigenvalue weighted by atomic mass is 79.9. The van der Waals surface area contributed by atoms with Gasteiger partial charge >= 0.3 is 11.9 Å². The fourth-order valence-electron chi connectivity index (χ4n) is 4.30. The topological polar surface area (TPSA) is 136 Å². The number of unbranched alkanes of at least 4 members (excludes halogenated alkanes) is 3. The molecule has 50 heavy (non-hydrogen) atoms. The summed E-state index contributed by atoms with van der Waals surface area (Å²) in [6.07, 6.45) is 6.02. The van der Waals surface area contributed by atoms with Gasteiger partial charge in [0.05, 0.1) is 23.6 Å². The lowest BCUT2D eigenvalue weighted by Gasteiger charge is -2.08. The second-order valence-corrected chi connectivity index (χ2v) is 13.4. The fraction of sp³-hybridized carbons (Fsp3) is 0.167. The predicted octanol–water partition coefficient (Wildman–Crippen LogP) is 8.90. The summed E-state index contributed by atoms with van der Waals surface area (Å²) in [5.41, 5.74) is 6.62. The van der Waals surface area contributed by atoms with E-state index in [-0.39, 0.29) is 36.2 Å². The van der Waals surface area contributed by atoms with Crippen molar-refractivity contribution in [2.24, 2.45) is 10.2 Å². The number of carbonyl (C=O) groups excluding carboxylic acids is 4. The molecule has 0 heterocycles. The Morgan fingerprint density at radius 2 is 0.960 bits per heavy atom. The Morgan fingerprint density at radius 1 is 0.580 bits per heavy atom. The van der Waals surface area contributed by atoms with Gasteiger partial charge in [-0.05, 0) is 97.8 Å². The minimum absolute atomic E-state index is 0.252. The summed E-state index contributed by atoms with van der Waals surface area (Å²) in [6, 6.07) is 22.8. The van der Waals surface area contributed by atoms with Gasteiger partial charge in [0.2, 0.25) is 11.8 Å². The predicted molar refractivity (Wildman–Crippen MR) is 200 cm³/mol. The second kappa shape index (κ2) is 19.7. The third kappa shape index (κ3) is 12.8. The van der Waals surface area contributed by atoms with Gasteiger partial charge in [0, 0.05) is 43.0 Å². The second-order valence-electron chi connectivity index (χ2n) is 10.7. The lowest BCUT2D eigenvalue weighted by Crippen LogP contribution is -2.17. The van der Waals surface area contributed by atoms with Gasteiger partial charge in [-0.1, -0.05) is 67.9 Å². The molecule has 0 aromatic heterocycles. The van der Waals surface area contributed by atoms with Gasteiger partial charge in [-0.15, -0.1) is 0 Å². The van der Waals surface area contributed by atoms with Crippen LogP contribution in [0.1, 0.15) is 70.4 Å². The number of esters is 2. The first-order valence-corrected chi connectivity index (χ1v) is 17.6. The Balaban J connectivity index is 1.14. The maximum absolute atomic E-state index is 12.5. The van der Waals surface area contributed by atoms with E-state index in [1.807, 2.05) is 0 Å². The number of nitrogens with zero attached hydrogens (tertiary/aromatic N) is 2. The molecule has 0 fully saturated rings. The van der Waals surface area contributed by atoms with Crippen molar-refractivity contribution >= 4 is 91.2 Å². The number of ether oxygens (including phenoxy) is 2. The quantitative estimate of drug-likeness (QED) is 0.0404. The van der Waals surface area contributed by atoms with E-state index in [0.717, 1.165) is 21.8 Å². The highest BCUT2D eigenvalue weighted by molar-refractivity contribution is 9.10. The number of halogens is 4. The lowest BCUT2D eigenvalue weighted by molar-refractivity contribution is -0.122. The molecular formula is C36H30Br2Cl2N4O6. The van der Waals surface area contributed by atoms with Crippen LogP contribution in [0.25, 0.3) is 0 Å². The molecular weight excluding hydrogens is 815 g/mol. The van der Waals surface area contributed by atoms with Crippen LogP contribution in [0.3, 0.4) is 0 Å². The highest BCUT2D eigenvalue weighted by Crippen LogP contribution is 2.25. The summed E-state index contributed by atoms with van der Waals surface area (Å²) in [7, 11) is 0. The van der Waals surface area contributed by atoms with Crippen LogP contribution in [0.5, 0.6) is 11.5 Å². The van der Waals surface area contributed by atoms with Crippen molar-refractivity contribution in [1.82, 2.24) is 10.9 Å². The molecule has 0 atom stereocenters. The molecule has 0 aliphatic heterocycles. The molecule has 10 nitrogen and oxygen atoms in total. The third-order valence-corrected chi connectivity index (χ3v) is 8.34. The van der Waals surface area contributed by atoms with Crippen LogP contribution in [0.2, 0.25) is 10.0 Å². The molecule has 0 spiro atoms. The van der Waals surface area contributed by atoms with E-state index in [2.05, 4.69) is 52.9 Å². The summed E-state index contributed by atoms with van der Waals surface area (Å²) in [5.74, 6) is -1.11. The van der Waals surface area contributed by atoms with Crippen molar-refractivity contribution in [2.75, 3.05) is 0 Å². The van der Waals surface area contributed by atoms with Gasteiger partial charge < -0.3 is 9.47 Å². The van der Waals surface area contributed by atoms with Crippen molar-refractivity contribution in [2.45, 2.75) is 38.5 Å². The summed E-state index contributed by atoms with van der Waals surface area (Å²) in [5, 5.41) is 9.04. The maximum Gasteiger partial charge on any atom is 0.343 e. The number of carbonyl (C=O) groups is 4. The first kappa shape index (κ1) is 38.4. The van der Waals surface area contributed by atoms with Crippen LogP contribution in [0.15, 0.2) is 104 Å². The fourth-order valence-corrected chi connectivity index (χ4v) is 5.31. The Kier molecular flexibility index (Phi) is 15.2. The molecule has 0 unspecified atom stereocenters. The lowest BCUT2D eigenvalue weighted by atomic mass is 10.1. The van der Waals surface area contributed by atoms with E-state index in [1.165, 1.54) is 12.4 Å². The van der Waals surface area contributed by atoms with Crippen molar-refractivity contribution in [3.8, 4) is 11.5 Å². The molecule has 14 heteroatoms. The van der Waals surface area contributed by atoms with E-state index in [9.17, 15) is 19.2 Å². The average molecular weight is 845 g/mol. The number of benzene rings is 4. The number of amides is 2. The molecule has 0 radical (unpaired) electrons. The van der Waals surface area contributed by atoms with Crippen LogP contribution in [0, 0.1) is 0 Å². The average Bonchev–Trinajstić information content (AvgIpc) is 3.09. The largest absolute Gasteiger partial charge is 0.422 e. The molecule has 258 valence electrons. The highest BCUT2D eigenvalue weighted by Gasteiger charge is 2.13. The molecule has 4 rings (SSSR count). The van der Waals surface area contributed by atoms with Crippen molar-refractivity contribution in [1.29, 1.82) is 0 Å². The Morgan fingerprint density at radius 3 is 1.34 bits per heavy atom. The first-order chi connectivity index (χ1) is 24.1. The van der Waals surface area contributed by atoms with Crippen LogP contribution in [0.4, 0.5) is 0 Å². The molecule has 4 aromatic rings. The summed E-state index contributed by atoms with van der Waals surface area (Å²) in [4.78, 5) is 49.7. The Bertz CT molecular complexity index is 1750. The van der Waals surface area contributed by atoms with Gasteiger partial charge in [-0.2, -0.15) is 10.2 Å². The SMILES string of the molecule is O=C(CCCCCCC(=O)N/N=C\c1cc(Br)ccc1OC(=O)c1ccc(Cl)cc1)N/N=C\c1cc(Br)ccc1OC(=O)c1ccc(Cl)cc1.